The summed E-state index contributed by atoms with van der Waals surface area (Å²) in [7, 11) is 0. The smallest absolute Gasteiger partial charge is 0.304 e. The molecule has 0 aliphatic heterocycles. The first kappa shape index (κ1) is 20.0. The van der Waals surface area contributed by atoms with E-state index in [9.17, 15) is 4.79 Å². The van der Waals surface area contributed by atoms with Crippen LogP contribution in [0, 0.1) is 0 Å². The van der Waals surface area contributed by atoms with Crippen LogP contribution in [-0.4, -0.2) is 30.8 Å². The Morgan fingerprint density at radius 1 is 1.08 bits per heavy atom. The van der Waals surface area contributed by atoms with E-state index in [-0.39, 0.29) is 6.42 Å². The molecule has 0 aromatic heterocycles. The highest BCUT2D eigenvalue weighted by atomic mass is 16.5. The first-order valence-corrected chi connectivity index (χ1v) is 9.34. The van der Waals surface area contributed by atoms with E-state index >= 15 is 0 Å². The second kappa shape index (κ2) is 11.3. The summed E-state index contributed by atoms with van der Waals surface area (Å²) in [5.41, 5.74) is 2.62. The minimum absolute atomic E-state index is 0.176. The maximum atomic E-state index is 10.4. The lowest BCUT2D eigenvalue weighted by Gasteiger charge is -2.13. The van der Waals surface area contributed by atoms with Gasteiger partial charge in [0, 0.05) is 6.54 Å². The molecule has 4 heteroatoms. The molecular formula is C22H29NO3. The summed E-state index contributed by atoms with van der Waals surface area (Å²) in [6.07, 6.45) is 3.14. The van der Waals surface area contributed by atoms with Crippen LogP contribution in [0.2, 0.25) is 0 Å². The zero-order chi connectivity index (χ0) is 18.6. The second-order valence-corrected chi connectivity index (χ2v) is 6.59. The van der Waals surface area contributed by atoms with Gasteiger partial charge in [-0.15, -0.1) is 0 Å². The Morgan fingerprint density at radius 2 is 1.81 bits per heavy atom. The van der Waals surface area contributed by atoms with Crippen molar-refractivity contribution in [2.24, 2.45) is 0 Å². The number of ether oxygens (including phenoxy) is 1. The van der Waals surface area contributed by atoms with Gasteiger partial charge in [-0.05, 0) is 55.0 Å². The Morgan fingerprint density at radius 3 is 2.50 bits per heavy atom. The number of carboxylic acids is 1. The predicted octanol–water partition coefficient (Wildman–Crippen LogP) is 4.26. The van der Waals surface area contributed by atoms with E-state index in [0.29, 0.717) is 19.1 Å². The Bertz CT molecular complexity index is 640. The number of benzene rings is 2. The second-order valence-electron chi connectivity index (χ2n) is 6.59. The van der Waals surface area contributed by atoms with Crippen molar-refractivity contribution < 1.29 is 14.6 Å². The van der Waals surface area contributed by atoms with Gasteiger partial charge in [-0.1, -0.05) is 49.4 Å². The minimum Gasteiger partial charge on any atom is -0.494 e. The van der Waals surface area contributed by atoms with Crippen LogP contribution >= 0.6 is 0 Å². The molecule has 26 heavy (non-hydrogen) atoms. The van der Waals surface area contributed by atoms with Crippen molar-refractivity contribution >= 4 is 5.97 Å². The molecule has 0 saturated heterocycles. The number of nitrogens with one attached hydrogen (secondary N) is 1. The van der Waals surface area contributed by atoms with Gasteiger partial charge in [0.1, 0.15) is 5.75 Å². The molecule has 1 atom stereocenters. The van der Waals surface area contributed by atoms with Gasteiger partial charge in [0.25, 0.3) is 0 Å². The third kappa shape index (κ3) is 7.70. The zero-order valence-electron chi connectivity index (χ0n) is 15.5. The third-order valence-electron chi connectivity index (χ3n) is 4.45. The van der Waals surface area contributed by atoms with Gasteiger partial charge in [-0.2, -0.15) is 0 Å². The van der Waals surface area contributed by atoms with Crippen LogP contribution in [0.15, 0.2) is 54.6 Å². The molecule has 2 aromatic rings. The number of rotatable bonds is 12. The summed E-state index contributed by atoms with van der Waals surface area (Å²) in [5.74, 6) is 0.643. The zero-order valence-corrected chi connectivity index (χ0v) is 15.5. The molecule has 0 saturated carbocycles. The predicted molar refractivity (Wildman–Crippen MR) is 105 cm³/mol. The van der Waals surface area contributed by atoms with Gasteiger partial charge in [-0.25, -0.2) is 0 Å². The Hall–Kier alpha value is -2.33. The van der Waals surface area contributed by atoms with E-state index < -0.39 is 5.97 Å². The van der Waals surface area contributed by atoms with E-state index in [4.69, 9.17) is 9.84 Å². The summed E-state index contributed by atoms with van der Waals surface area (Å²) in [6.45, 7) is 4.31. The molecule has 0 aliphatic carbocycles. The van der Waals surface area contributed by atoms with Crippen LogP contribution in [0.4, 0.5) is 0 Å². The lowest BCUT2D eigenvalue weighted by atomic mass is 9.98. The number of aliphatic carboxylic acids is 1. The standard InChI is InChI=1S/C22H29NO3/c1-18(20-7-3-2-4-8-20)14-17-26-21-11-9-19(10-12-21)6-5-15-23-16-13-22(24)25/h2-4,7-12,18,23H,5-6,13-17H2,1H3,(H,24,25). The Kier molecular flexibility index (Phi) is 8.70. The maximum Gasteiger partial charge on any atom is 0.304 e. The lowest BCUT2D eigenvalue weighted by Crippen LogP contribution is -2.19. The highest BCUT2D eigenvalue weighted by Gasteiger charge is 2.05. The SMILES string of the molecule is CC(CCOc1ccc(CCCNCCC(=O)O)cc1)c1ccccc1. The average molecular weight is 355 g/mol. The van der Waals surface area contributed by atoms with Crippen molar-refractivity contribution in [1.82, 2.24) is 5.32 Å². The van der Waals surface area contributed by atoms with Crippen LogP contribution in [0.3, 0.4) is 0 Å². The summed E-state index contributed by atoms with van der Waals surface area (Å²) in [6, 6.07) is 18.8. The number of aryl methyl sites for hydroxylation is 1. The van der Waals surface area contributed by atoms with Crippen LogP contribution in [0.5, 0.6) is 5.75 Å². The quantitative estimate of drug-likeness (QED) is 0.559. The molecule has 0 spiro atoms. The summed E-state index contributed by atoms with van der Waals surface area (Å²) < 4.78 is 5.87. The summed E-state index contributed by atoms with van der Waals surface area (Å²) in [4.78, 5) is 10.4. The number of hydrogen-bond donors (Lipinski definition) is 2. The Balaban J connectivity index is 1.62. The maximum absolute atomic E-state index is 10.4. The van der Waals surface area contributed by atoms with E-state index in [1.807, 2.05) is 18.2 Å². The minimum atomic E-state index is -0.758. The van der Waals surface area contributed by atoms with Gasteiger partial charge >= 0.3 is 5.97 Å². The van der Waals surface area contributed by atoms with Crippen molar-refractivity contribution in [2.75, 3.05) is 19.7 Å². The van der Waals surface area contributed by atoms with Crippen molar-refractivity contribution in [3.63, 3.8) is 0 Å². The molecule has 0 aliphatic rings. The topological polar surface area (TPSA) is 58.6 Å². The highest BCUT2D eigenvalue weighted by Crippen LogP contribution is 2.20. The lowest BCUT2D eigenvalue weighted by molar-refractivity contribution is -0.136. The van der Waals surface area contributed by atoms with E-state index in [2.05, 4.69) is 48.6 Å². The average Bonchev–Trinajstić information content (AvgIpc) is 2.66. The fourth-order valence-corrected chi connectivity index (χ4v) is 2.79. The molecule has 0 radical (unpaired) electrons. The van der Waals surface area contributed by atoms with Gasteiger partial charge in [-0.3, -0.25) is 4.79 Å². The van der Waals surface area contributed by atoms with Crippen molar-refractivity contribution in [2.45, 2.75) is 38.5 Å². The molecule has 0 bridgehead atoms. The first-order chi connectivity index (χ1) is 12.6. The molecule has 2 N–H and O–H groups in total. The van der Waals surface area contributed by atoms with Crippen molar-refractivity contribution in [3.05, 3.63) is 65.7 Å². The van der Waals surface area contributed by atoms with Crippen LogP contribution < -0.4 is 10.1 Å². The molecule has 2 rings (SSSR count). The van der Waals surface area contributed by atoms with E-state index in [1.165, 1.54) is 11.1 Å². The molecule has 0 heterocycles. The summed E-state index contributed by atoms with van der Waals surface area (Å²) in [5, 5.41) is 11.7. The van der Waals surface area contributed by atoms with Crippen molar-refractivity contribution in [3.8, 4) is 5.75 Å². The number of carboxylic acid groups (broad SMARTS) is 1. The number of hydrogen-bond acceptors (Lipinski definition) is 3. The first-order valence-electron chi connectivity index (χ1n) is 9.34. The monoisotopic (exact) mass is 355 g/mol. The molecule has 0 fully saturated rings. The van der Waals surface area contributed by atoms with Crippen molar-refractivity contribution in [1.29, 1.82) is 0 Å². The van der Waals surface area contributed by atoms with Gasteiger partial charge in [0.2, 0.25) is 0 Å². The fraction of sp³-hybridized carbons (Fsp3) is 0.409. The highest BCUT2D eigenvalue weighted by molar-refractivity contribution is 5.66. The van der Waals surface area contributed by atoms with Crippen LogP contribution in [-0.2, 0) is 11.2 Å². The van der Waals surface area contributed by atoms with Crippen LogP contribution in [0.1, 0.15) is 43.2 Å². The van der Waals surface area contributed by atoms with E-state index in [0.717, 1.165) is 31.6 Å². The third-order valence-corrected chi connectivity index (χ3v) is 4.45. The molecule has 1 unspecified atom stereocenters. The fourth-order valence-electron chi connectivity index (χ4n) is 2.79. The normalized spacial score (nSPS) is 11.9. The largest absolute Gasteiger partial charge is 0.494 e. The van der Waals surface area contributed by atoms with Gasteiger partial charge in [0.15, 0.2) is 0 Å². The van der Waals surface area contributed by atoms with Crippen LogP contribution in [0.25, 0.3) is 0 Å². The van der Waals surface area contributed by atoms with Gasteiger partial charge in [0.05, 0.1) is 13.0 Å². The molecule has 4 nitrogen and oxygen atoms in total. The van der Waals surface area contributed by atoms with E-state index in [1.54, 1.807) is 0 Å². The molecule has 2 aromatic carbocycles. The molecular weight excluding hydrogens is 326 g/mol. The molecule has 140 valence electrons. The Labute approximate surface area is 156 Å². The van der Waals surface area contributed by atoms with Gasteiger partial charge < -0.3 is 15.2 Å². The summed E-state index contributed by atoms with van der Waals surface area (Å²) >= 11 is 0. The number of carbonyl (C=O) groups is 1. The molecule has 0 amide bonds.